The molecule has 0 saturated carbocycles. The SMILES string of the molecule is O=C(c1ccc(C(F)(F)F)cc1)N1CCN2C(=O)N(Cc3ccc(F)cc3)C[C@H]2C1. The lowest BCUT2D eigenvalue weighted by atomic mass is 10.1. The Bertz CT molecular complexity index is 944. The van der Waals surface area contributed by atoms with E-state index < -0.39 is 11.7 Å². The van der Waals surface area contributed by atoms with E-state index in [1.54, 1.807) is 26.8 Å². The van der Waals surface area contributed by atoms with Gasteiger partial charge in [-0.3, -0.25) is 4.79 Å². The zero-order chi connectivity index (χ0) is 21.5. The number of carbonyl (C=O) groups is 2. The lowest BCUT2D eigenvalue weighted by Crippen LogP contribution is -2.53. The third kappa shape index (κ3) is 3.96. The molecule has 0 bridgehead atoms. The molecule has 0 aromatic heterocycles. The molecule has 0 aliphatic carbocycles. The smallest absolute Gasteiger partial charge is 0.335 e. The summed E-state index contributed by atoms with van der Waals surface area (Å²) in [6.45, 7) is 1.75. The van der Waals surface area contributed by atoms with Gasteiger partial charge < -0.3 is 14.7 Å². The fraction of sp³-hybridized carbons (Fsp3) is 0.333. The Morgan fingerprint density at radius 3 is 2.27 bits per heavy atom. The van der Waals surface area contributed by atoms with E-state index in [4.69, 9.17) is 0 Å². The summed E-state index contributed by atoms with van der Waals surface area (Å²) >= 11 is 0. The van der Waals surface area contributed by atoms with E-state index in [1.165, 1.54) is 24.3 Å². The minimum Gasteiger partial charge on any atom is -0.335 e. The van der Waals surface area contributed by atoms with Crippen LogP contribution in [0.4, 0.5) is 22.4 Å². The predicted octanol–water partition coefficient (Wildman–Crippen LogP) is 3.61. The van der Waals surface area contributed by atoms with Crippen molar-refractivity contribution in [2.45, 2.75) is 18.8 Å². The Hall–Kier alpha value is -3.10. The number of halogens is 4. The van der Waals surface area contributed by atoms with Gasteiger partial charge in [0.2, 0.25) is 0 Å². The van der Waals surface area contributed by atoms with Crippen LogP contribution in [0, 0.1) is 5.82 Å². The summed E-state index contributed by atoms with van der Waals surface area (Å²) in [5.74, 6) is -0.700. The van der Waals surface area contributed by atoms with Gasteiger partial charge in [0.05, 0.1) is 11.6 Å². The van der Waals surface area contributed by atoms with Crippen molar-refractivity contribution in [1.29, 1.82) is 0 Å². The summed E-state index contributed by atoms with van der Waals surface area (Å²) in [5.41, 5.74) is 0.188. The summed E-state index contributed by atoms with van der Waals surface area (Å²) in [5, 5.41) is 0. The fourth-order valence-electron chi connectivity index (χ4n) is 3.89. The Morgan fingerprint density at radius 1 is 0.967 bits per heavy atom. The number of hydrogen-bond acceptors (Lipinski definition) is 2. The fourth-order valence-corrected chi connectivity index (χ4v) is 3.89. The first-order valence-electron chi connectivity index (χ1n) is 9.49. The standard InChI is InChI=1S/C21H19F4N3O2/c22-17-7-1-14(2-8-17)11-27-13-18-12-26(9-10-28(18)20(27)30)19(29)15-3-5-16(6-4-15)21(23,24)25/h1-8,18H,9-13H2/t18-/m1/s1. The molecule has 0 N–H and O–H groups in total. The molecule has 0 spiro atoms. The van der Waals surface area contributed by atoms with Gasteiger partial charge in [0, 0.05) is 38.3 Å². The van der Waals surface area contributed by atoms with Gasteiger partial charge in [-0.25, -0.2) is 9.18 Å². The van der Waals surface area contributed by atoms with Crippen LogP contribution in [0.3, 0.4) is 0 Å². The first kappa shape index (κ1) is 20.2. The van der Waals surface area contributed by atoms with Gasteiger partial charge in [0.15, 0.2) is 0 Å². The second kappa shape index (κ2) is 7.62. The van der Waals surface area contributed by atoms with Crippen LogP contribution in [-0.2, 0) is 12.7 Å². The number of alkyl halides is 3. The quantitative estimate of drug-likeness (QED) is 0.711. The van der Waals surface area contributed by atoms with Gasteiger partial charge in [-0.2, -0.15) is 13.2 Å². The van der Waals surface area contributed by atoms with Crippen LogP contribution in [0.25, 0.3) is 0 Å². The molecule has 2 aromatic carbocycles. The van der Waals surface area contributed by atoms with Gasteiger partial charge in [0.1, 0.15) is 5.82 Å². The van der Waals surface area contributed by atoms with Crippen LogP contribution in [0.1, 0.15) is 21.5 Å². The number of urea groups is 1. The lowest BCUT2D eigenvalue weighted by Gasteiger charge is -2.36. The summed E-state index contributed by atoms with van der Waals surface area (Å²) in [6, 6.07) is 9.76. The van der Waals surface area contributed by atoms with Gasteiger partial charge in [-0.05, 0) is 42.0 Å². The van der Waals surface area contributed by atoms with Crippen LogP contribution in [0.2, 0.25) is 0 Å². The maximum absolute atomic E-state index is 13.1. The second-order valence-electron chi connectivity index (χ2n) is 7.46. The highest BCUT2D eigenvalue weighted by Gasteiger charge is 2.41. The average molecular weight is 421 g/mol. The third-order valence-corrected chi connectivity index (χ3v) is 5.46. The number of amides is 3. The number of hydrogen-bond donors (Lipinski definition) is 0. The zero-order valence-corrected chi connectivity index (χ0v) is 15.9. The van der Waals surface area contributed by atoms with Crippen LogP contribution >= 0.6 is 0 Å². The molecule has 4 rings (SSSR count). The van der Waals surface area contributed by atoms with E-state index in [2.05, 4.69) is 0 Å². The number of carbonyl (C=O) groups excluding carboxylic acids is 2. The Morgan fingerprint density at radius 2 is 1.63 bits per heavy atom. The predicted molar refractivity (Wildman–Crippen MR) is 100 cm³/mol. The molecule has 30 heavy (non-hydrogen) atoms. The molecule has 2 aliphatic heterocycles. The number of benzene rings is 2. The normalized spacial score (nSPS) is 19.3. The van der Waals surface area contributed by atoms with Crippen molar-refractivity contribution in [2.24, 2.45) is 0 Å². The topological polar surface area (TPSA) is 43.9 Å². The van der Waals surface area contributed by atoms with Gasteiger partial charge in [0.25, 0.3) is 5.91 Å². The zero-order valence-electron chi connectivity index (χ0n) is 15.9. The van der Waals surface area contributed by atoms with Gasteiger partial charge >= 0.3 is 12.2 Å². The molecule has 0 radical (unpaired) electrons. The first-order valence-corrected chi connectivity index (χ1v) is 9.49. The Labute approximate surface area is 170 Å². The monoisotopic (exact) mass is 421 g/mol. The van der Waals surface area contributed by atoms with Crippen LogP contribution in [0.15, 0.2) is 48.5 Å². The summed E-state index contributed by atoms with van der Waals surface area (Å²) in [7, 11) is 0. The van der Waals surface area contributed by atoms with E-state index in [1.807, 2.05) is 0 Å². The maximum atomic E-state index is 13.1. The van der Waals surface area contributed by atoms with E-state index in [0.717, 1.165) is 17.7 Å². The highest BCUT2D eigenvalue weighted by atomic mass is 19.4. The molecule has 158 valence electrons. The molecule has 1 atom stereocenters. The molecular formula is C21H19F4N3O2. The maximum Gasteiger partial charge on any atom is 0.416 e. The number of piperazine rings is 1. The van der Waals surface area contributed by atoms with Gasteiger partial charge in [-0.1, -0.05) is 12.1 Å². The number of fused-ring (bicyclic) bond motifs is 1. The van der Waals surface area contributed by atoms with Crippen molar-refractivity contribution in [2.75, 3.05) is 26.2 Å². The molecule has 5 nitrogen and oxygen atoms in total. The van der Waals surface area contributed by atoms with Crippen LogP contribution in [-0.4, -0.2) is 58.9 Å². The van der Waals surface area contributed by atoms with Crippen LogP contribution in [0.5, 0.6) is 0 Å². The van der Waals surface area contributed by atoms with Crippen LogP contribution < -0.4 is 0 Å². The van der Waals surface area contributed by atoms with Crippen molar-refractivity contribution in [1.82, 2.24) is 14.7 Å². The second-order valence-corrected chi connectivity index (χ2v) is 7.46. The van der Waals surface area contributed by atoms with E-state index in [9.17, 15) is 27.2 Å². The molecule has 2 saturated heterocycles. The average Bonchev–Trinajstić information content (AvgIpc) is 3.03. The van der Waals surface area contributed by atoms with Crippen molar-refractivity contribution < 1.29 is 27.2 Å². The molecule has 2 aliphatic rings. The molecular weight excluding hydrogens is 402 g/mol. The lowest BCUT2D eigenvalue weighted by molar-refractivity contribution is -0.137. The van der Waals surface area contributed by atoms with Crippen molar-refractivity contribution in [3.05, 3.63) is 71.0 Å². The van der Waals surface area contributed by atoms with Gasteiger partial charge in [-0.15, -0.1) is 0 Å². The Kier molecular flexibility index (Phi) is 5.13. The largest absolute Gasteiger partial charge is 0.416 e. The first-order chi connectivity index (χ1) is 14.2. The molecule has 9 heteroatoms. The molecule has 2 aromatic rings. The van der Waals surface area contributed by atoms with E-state index in [0.29, 0.717) is 32.7 Å². The minimum absolute atomic E-state index is 0.133. The molecule has 2 fully saturated rings. The van der Waals surface area contributed by atoms with Crippen molar-refractivity contribution in [3.63, 3.8) is 0 Å². The van der Waals surface area contributed by atoms with Crippen molar-refractivity contribution in [3.8, 4) is 0 Å². The third-order valence-electron chi connectivity index (χ3n) is 5.46. The van der Waals surface area contributed by atoms with Crippen molar-refractivity contribution >= 4 is 11.9 Å². The minimum atomic E-state index is -4.45. The summed E-state index contributed by atoms with van der Waals surface area (Å²) in [4.78, 5) is 30.3. The highest BCUT2D eigenvalue weighted by Crippen LogP contribution is 2.29. The summed E-state index contributed by atoms with van der Waals surface area (Å²) < 4.78 is 51.2. The molecule has 0 unspecified atom stereocenters. The number of rotatable bonds is 3. The number of nitrogens with zero attached hydrogens (tertiary/aromatic N) is 3. The summed E-state index contributed by atoms with van der Waals surface area (Å²) in [6.07, 6.45) is -4.45. The van der Waals surface area contributed by atoms with E-state index >= 15 is 0 Å². The molecule has 2 heterocycles. The van der Waals surface area contributed by atoms with E-state index in [-0.39, 0.29) is 29.4 Å². The Balaban J connectivity index is 1.41. The molecule has 3 amide bonds. The highest BCUT2D eigenvalue weighted by molar-refractivity contribution is 5.94.